The SMILES string of the molecule is O=C1NC(=O)/C(=C\c2ccc3nccc(-c4ccc(C(=O)Nc5ccc(CN6CCOCC6)cc5)s4)c3c2)S1. The predicted molar refractivity (Wildman–Crippen MR) is 155 cm³/mol. The third kappa shape index (κ3) is 5.79. The van der Waals surface area contributed by atoms with E-state index in [1.807, 2.05) is 60.7 Å². The number of benzene rings is 2. The summed E-state index contributed by atoms with van der Waals surface area (Å²) in [5.74, 6) is -0.554. The third-order valence-corrected chi connectivity index (χ3v) is 8.45. The number of nitrogens with one attached hydrogen (secondary N) is 2. The summed E-state index contributed by atoms with van der Waals surface area (Å²) >= 11 is 2.29. The van der Waals surface area contributed by atoms with Crippen LogP contribution in [0, 0.1) is 0 Å². The van der Waals surface area contributed by atoms with E-state index in [9.17, 15) is 14.4 Å². The monoisotopic (exact) mass is 556 g/mol. The van der Waals surface area contributed by atoms with Crippen LogP contribution in [-0.2, 0) is 16.1 Å². The summed E-state index contributed by atoms with van der Waals surface area (Å²) in [5, 5.41) is 5.79. The molecule has 2 N–H and O–H groups in total. The number of carbonyl (C=O) groups excluding carboxylic acids is 3. The lowest BCUT2D eigenvalue weighted by atomic mass is 10.0. The fourth-order valence-corrected chi connectivity index (χ4v) is 6.17. The van der Waals surface area contributed by atoms with Crippen molar-refractivity contribution in [3.05, 3.63) is 87.8 Å². The fourth-order valence-electron chi connectivity index (χ4n) is 4.55. The van der Waals surface area contributed by atoms with Gasteiger partial charge < -0.3 is 10.1 Å². The second-order valence-corrected chi connectivity index (χ2v) is 11.3. The van der Waals surface area contributed by atoms with Crippen LogP contribution >= 0.6 is 23.1 Å². The minimum absolute atomic E-state index is 0.162. The predicted octanol–water partition coefficient (Wildman–Crippen LogP) is 5.37. The number of hydrogen-bond acceptors (Lipinski definition) is 8. The van der Waals surface area contributed by atoms with Crippen LogP contribution in [0.25, 0.3) is 27.4 Å². The van der Waals surface area contributed by atoms with Crippen molar-refractivity contribution in [1.29, 1.82) is 0 Å². The molecule has 4 heterocycles. The minimum atomic E-state index is -0.392. The summed E-state index contributed by atoms with van der Waals surface area (Å²) in [5.41, 5.74) is 4.48. The number of carbonyl (C=O) groups is 3. The number of ether oxygens (including phenoxy) is 1. The summed E-state index contributed by atoms with van der Waals surface area (Å²) in [6.07, 6.45) is 3.44. The van der Waals surface area contributed by atoms with Gasteiger partial charge in [-0.2, -0.15) is 0 Å². The number of fused-ring (bicyclic) bond motifs is 1. The average Bonchev–Trinajstić information content (AvgIpc) is 3.56. The Balaban J connectivity index is 1.18. The van der Waals surface area contributed by atoms with Crippen molar-refractivity contribution in [3.63, 3.8) is 0 Å². The molecule has 2 fully saturated rings. The molecular formula is C29H24N4O4S2. The second-order valence-electron chi connectivity index (χ2n) is 9.19. The fraction of sp³-hybridized carbons (Fsp3) is 0.172. The van der Waals surface area contributed by atoms with Gasteiger partial charge in [0.1, 0.15) is 0 Å². The second kappa shape index (κ2) is 11.1. The molecule has 6 rings (SSSR count). The van der Waals surface area contributed by atoms with E-state index in [0.717, 1.165) is 77.2 Å². The lowest BCUT2D eigenvalue weighted by molar-refractivity contribution is -0.115. The molecule has 0 aliphatic carbocycles. The van der Waals surface area contributed by atoms with Gasteiger partial charge in [0.15, 0.2) is 0 Å². The van der Waals surface area contributed by atoms with Gasteiger partial charge in [-0.25, -0.2) is 0 Å². The maximum Gasteiger partial charge on any atom is 0.290 e. The van der Waals surface area contributed by atoms with Crippen molar-refractivity contribution in [2.24, 2.45) is 0 Å². The quantitative estimate of drug-likeness (QED) is 0.308. The number of amides is 3. The van der Waals surface area contributed by atoms with Crippen LogP contribution < -0.4 is 10.6 Å². The number of rotatable bonds is 6. The van der Waals surface area contributed by atoms with Crippen molar-refractivity contribution in [2.45, 2.75) is 6.54 Å². The van der Waals surface area contributed by atoms with Gasteiger partial charge in [-0.1, -0.05) is 18.2 Å². The summed E-state index contributed by atoms with van der Waals surface area (Å²) in [6, 6.07) is 19.3. The van der Waals surface area contributed by atoms with Crippen LogP contribution in [0.1, 0.15) is 20.8 Å². The number of thioether (sulfide) groups is 1. The molecule has 2 saturated heterocycles. The first-order valence-electron chi connectivity index (χ1n) is 12.5. The molecule has 0 atom stereocenters. The molecule has 0 bridgehead atoms. The Morgan fingerprint density at radius 2 is 1.87 bits per heavy atom. The van der Waals surface area contributed by atoms with E-state index in [1.165, 1.54) is 16.9 Å². The van der Waals surface area contributed by atoms with Crippen LogP contribution in [-0.4, -0.2) is 53.2 Å². The number of aromatic nitrogens is 1. The van der Waals surface area contributed by atoms with E-state index in [1.54, 1.807) is 12.3 Å². The Hall–Kier alpha value is -3.83. The molecule has 4 aromatic rings. The topological polar surface area (TPSA) is 101 Å². The van der Waals surface area contributed by atoms with Gasteiger partial charge in [-0.15, -0.1) is 11.3 Å². The van der Waals surface area contributed by atoms with Gasteiger partial charge in [0, 0.05) is 47.3 Å². The molecule has 3 amide bonds. The molecule has 2 aromatic heterocycles. The van der Waals surface area contributed by atoms with Crippen LogP contribution in [0.5, 0.6) is 0 Å². The molecule has 0 saturated carbocycles. The Morgan fingerprint density at radius 3 is 2.64 bits per heavy atom. The molecule has 2 aliphatic heterocycles. The highest BCUT2D eigenvalue weighted by Gasteiger charge is 2.25. The normalized spacial score (nSPS) is 17.1. The largest absolute Gasteiger partial charge is 0.379 e. The number of anilines is 1. The van der Waals surface area contributed by atoms with Crippen molar-refractivity contribution in [1.82, 2.24) is 15.2 Å². The smallest absolute Gasteiger partial charge is 0.290 e. The minimum Gasteiger partial charge on any atom is -0.379 e. The van der Waals surface area contributed by atoms with E-state index in [0.29, 0.717) is 9.78 Å². The summed E-state index contributed by atoms with van der Waals surface area (Å²) in [7, 11) is 0. The number of pyridine rings is 1. The molecule has 196 valence electrons. The summed E-state index contributed by atoms with van der Waals surface area (Å²) in [6.45, 7) is 4.27. The molecule has 8 nitrogen and oxygen atoms in total. The summed E-state index contributed by atoms with van der Waals surface area (Å²) < 4.78 is 5.41. The highest BCUT2D eigenvalue weighted by molar-refractivity contribution is 8.18. The van der Waals surface area contributed by atoms with Crippen LogP contribution in [0.2, 0.25) is 0 Å². The highest BCUT2D eigenvalue weighted by atomic mass is 32.2. The molecule has 10 heteroatoms. The first kappa shape index (κ1) is 25.4. The third-order valence-electron chi connectivity index (χ3n) is 6.52. The average molecular weight is 557 g/mol. The van der Waals surface area contributed by atoms with Gasteiger partial charge in [-0.3, -0.25) is 29.6 Å². The number of hydrogen-bond donors (Lipinski definition) is 2. The van der Waals surface area contributed by atoms with E-state index < -0.39 is 5.91 Å². The van der Waals surface area contributed by atoms with E-state index >= 15 is 0 Å². The van der Waals surface area contributed by atoms with E-state index in [4.69, 9.17) is 4.74 Å². The Bertz CT molecular complexity index is 1610. The Kier molecular flexibility index (Phi) is 7.25. The van der Waals surface area contributed by atoms with Gasteiger partial charge >= 0.3 is 0 Å². The molecule has 2 aliphatic rings. The van der Waals surface area contributed by atoms with Gasteiger partial charge in [0.2, 0.25) is 0 Å². The lowest BCUT2D eigenvalue weighted by Gasteiger charge is -2.26. The molecule has 2 aromatic carbocycles. The zero-order chi connectivity index (χ0) is 26.8. The molecule has 0 unspecified atom stereocenters. The van der Waals surface area contributed by atoms with Gasteiger partial charge in [0.25, 0.3) is 17.1 Å². The van der Waals surface area contributed by atoms with Crippen LogP contribution in [0.15, 0.2) is 71.8 Å². The Labute approximate surface area is 233 Å². The number of thiophene rings is 1. The maximum atomic E-state index is 13.0. The molecular weight excluding hydrogens is 532 g/mol. The van der Waals surface area contributed by atoms with Crippen molar-refractivity contribution < 1.29 is 19.1 Å². The number of imide groups is 1. The van der Waals surface area contributed by atoms with Gasteiger partial charge in [-0.05, 0) is 71.4 Å². The zero-order valence-electron chi connectivity index (χ0n) is 20.8. The standard InChI is InChI=1S/C29H24N4O4S2/c34-27(31-20-4-1-18(2-5-20)17-33-11-13-37-14-12-33)25-8-7-24(38-25)21-9-10-30-23-6-3-19(15-22(21)23)16-26-28(35)32-29(36)39-26/h1-10,15-16H,11-14,17H2,(H,31,34)(H,32,35,36)/b26-16+. The number of nitrogens with zero attached hydrogens (tertiary/aromatic N) is 2. The van der Waals surface area contributed by atoms with Crippen molar-refractivity contribution in [3.8, 4) is 10.4 Å². The van der Waals surface area contributed by atoms with Crippen LogP contribution in [0.4, 0.5) is 10.5 Å². The maximum absolute atomic E-state index is 13.0. The van der Waals surface area contributed by atoms with Gasteiger partial charge in [0.05, 0.1) is 28.5 Å². The molecule has 0 spiro atoms. The van der Waals surface area contributed by atoms with E-state index in [-0.39, 0.29) is 11.1 Å². The zero-order valence-corrected chi connectivity index (χ0v) is 22.4. The number of morpholine rings is 1. The molecule has 0 radical (unpaired) electrons. The van der Waals surface area contributed by atoms with Crippen molar-refractivity contribution >= 4 is 62.8 Å². The summed E-state index contributed by atoms with van der Waals surface area (Å²) in [4.78, 5) is 45.2. The Morgan fingerprint density at radius 1 is 1.05 bits per heavy atom. The first-order valence-corrected chi connectivity index (χ1v) is 14.1. The van der Waals surface area contributed by atoms with E-state index in [2.05, 4.69) is 20.5 Å². The lowest BCUT2D eigenvalue weighted by Crippen LogP contribution is -2.35. The first-order chi connectivity index (χ1) is 19.0. The molecule has 39 heavy (non-hydrogen) atoms. The van der Waals surface area contributed by atoms with Crippen molar-refractivity contribution in [2.75, 3.05) is 31.6 Å². The highest BCUT2D eigenvalue weighted by Crippen LogP contribution is 2.35. The van der Waals surface area contributed by atoms with Crippen LogP contribution in [0.3, 0.4) is 0 Å².